The number of aliphatic hydroxyl groups excluding tert-OH is 2. The van der Waals surface area contributed by atoms with Gasteiger partial charge >= 0.3 is 5.97 Å². The summed E-state index contributed by atoms with van der Waals surface area (Å²) in [6, 6.07) is 0. The fourth-order valence-corrected chi connectivity index (χ4v) is 1.54. The first-order valence-corrected chi connectivity index (χ1v) is 5.11. The number of likely N-dealkylation sites (tertiary alicyclic amines) is 1. The van der Waals surface area contributed by atoms with Crippen LogP contribution < -0.4 is 0 Å². The molecule has 1 heterocycles. The minimum atomic E-state index is -1.13. The molecular weight excluding hydrogens is 214 g/mol. The minimum absolute atomic E-state index is 0.0652. The number of carboxylic acids is 1. The highest BCUT2D eigenvalue weighted by Crippen LogP contribution is 2.23. The summed E-state index contributed by atoms with van der Waals surface area (Å²) in [5, 5.41) is 27.4. The molecule has 0 aliphatic carbocycles. The SMILES string of the molecule is CC(C)(CC(=O)N1C[C@@H](O)[C@@H](O)C1)C(=O)O. The minimum Gasteiger partial charge on any atom is -0.481 e. The van der Waals surface area contributed by atoms with Gasteiger partial charge in [0.1, 0.15) is 0 Å². The Bertz CT molecular complexity index is 292. The molecule has 0 aromatic rings. The molecule has 1 amide bonds. The van der Waals surface area contributed by atoms with Crippen LogP contribution in [0.15, 0.2) is 0 Å². The van der Waals surface area contributed by atoms with Gasteiger partial charge in [-0.15, -0.1) is 0 Å². The summed E-state index contributed by atoms with van der Waals surface area (Å²) in [6.45, 7) is 3.07. The van der Waals surface area contributed by atoms with Gasteiger partial charge in [0.25, 0.3) is 0 Å². The number of amides is 1. The Hall–Kier alpha value is -1.14. The fourth-order valence-electron chi connectivity index (χ4n) is 1.54. The highest BCUT2D eigenvalue weighted by molar-refractivity contribution is 5.84. The second-order valence-electron chi connectivity index (χ2n) is 4.80. The van der Waals surface area contributed by atoms with E-state index >= 15 is 0 Å². The van der Waals surface area contributed by atoms with Gasteiger partial charge in [-0.2, -0.15) is 0 Å². The number of hydrogen-bond donors (Lipinski definition) is 3. The van der Waals surface area contributed by atoms with E-state index in [9.17, 15) is 19.8 Å². The second-order valence-corrected chi connectivity index (χ2v) is 4.80. The molecule has 0 bridgehead atoms. The number of rotatable bonds is 3. The highest BCUT2D eigenvalue weighted by atomic mass is 16.4. The fraction of sp³-hybridized carbons (Fsp3) is 0.800. The maximum Gasteiger partial charge on any atom is 0.309 e. The van der Waals surface area contributed by atoms with Gasteiger partial charge in [0, 0.05) is 19.5 Å². The molecule has 0 spiro atoms. The van der Waals surface area contributed by atoms with Gasteiger partial charge in [0.15, 0.2) is 0 Å². The van der Waals surface area contributed by atoms with E-state index in [2.05, 4.69) is 0 Å². The first kappa shape index (κ1) is 12.9. The number of aliphatic hydroxyl groups is 2. The Balaban J connectivity index is 2.57. The molecule has 92 valence electrons. The summed E-state index contributed by atoms with van der Waals surface area (Å²) >= 11 is 0. The van der Waals surface area contributed by atoms with Crippen molar-refractivity contribution in [3.05, 3.63) is 0 Å². The molecule has 6 nitrogen and oxygen atoms in total. The lowest BCUT2D eigenvalue weighted by atomic mass is 9.89. The van der Waals surface area contributed by atoms with E-state index < -0.39 is 23.6 Å². The topological polar surface area (TPSA) is 98.1 Å². The molecule has 0 saturated carbocycles. The van der Waals surface area contributed by atoms with Crippen LogP contribution in [0.5, 0.6) is 0 Å². The predicted molar refractivity (Wildman–Crippen MR) is 54.6 cm³/mol. The highest BCUT2D eigenvalue weighted by Gasteiger charge is 2.37. The van der Waals surface area contributed by atoms with Crippen LogP contribution in [0, 0.1) is 5.41 Å². The zero-order valence-corrected chi connectivity index (χ0v) is 9.38. The molecule has 1 fully saturated rings. The van der Waals surface area contributed by atoms with Gasteiger partial charge in [-0.1, -0.05) is 0 Å². The number of aliphatic carboxylic acids is 1. The van der Waals surface area contributed by atoms with Gasteiger partial charge < -0.3 is 20.2 Å². The van der Waals surface area contributed by atoms with Crippen molar-refractivity contribution in [1.82, 2.24) is 4.90 Å². The number of carboxylic acid groups (broad SMARTS) is 1. The van der Waals surface area contributed by atoms with Crippen molar-refractivity contribution in [2.45, 2.75) is 32.5 Å². The summed E-state index contributed by atoms with van der Waals surface area (Å²) in [6.07, 6.45) is -2.00. The summed E-state index contributed by atoms with van der Waals surface area (Å²) in [5.41, 5.74) is -1.13. The predicted octanol–water partition coefficient (Wildman–Crippen LogP) is -0.949. The van der Waals surface area contributed by atoms with Crippen LogP contribution in [0.4, 0.5) is 0 Å². The van der Waals surface area contributed by atoms with Crippen molar-refractivity contribution < 1.29 is 24.9 Å². The van der Waals surface area contributed by atoms with Gasteiger partial charge in [-0.25, -0.2) is 0 Å². The lowest BCUT2D eigenvalue weighted by Crippen LogP contribution is -2.36. The monoisotopic (exact) mass is 231 g/mol. The van der Waals surface area contributed by atoms with Crippen LogP contribution in [0.1, 0.15) is 20.3 Å². The molecule has 0 radical (unpaired) electrons. The molecule has 1 aliphatic rings. The third kappa shape index (κ3) is 2.70. The van der Waals surface area contributed by atoms with Gasteiger partial charge in [-0.3, -0.25) is 9.59 Å². The van der Waals surface area contributed by atoms with Crippen LogP contribution >= 0.6 is 0 Å². The third-order valence-corrected chi connectivity index (χ3v) is 2.78. The van der Waals surface area contributed by atoms with E-state index in [-0.39, 0.29) is 25.4 Å². The van der Waals surface area contributed by atoms with Crippen molar-refractivity contribution in [1.29, 1.82) is 0 Å². The van der Waals surface area contributed by atoms with Crippen molar-refractivity contribution >= 4 is 11.9 Å². The molecule has 1 saturated heterocycles. The van der Waals surface area contributed by atoms with Gasteiger partial charge in [0.05, 0.1) is 17.6 Å². The number of β-amino-alcohol motifs (C(OH)–C–C–N with tert-alkyl or cyclic N) is 2. The number of carbonyl (C=O) groups is 2. The molecule has 0 aromatic heterocycles. The molecule has 1 aliphatic heterocycles. The molecule has 6 heteroatoms. The lowest BCUT2D eigenvalue weighted by molar-refractivity contribution is -0.151. The summed E-state index contributed by atoms with van der Waals surface area (Å²) < 4.78 is 0. The molecule has 16 heavy (non-hydrogen) atoms. The lowest BCUT2D eigenvalue weighted by Gasteiger charge is -2.22. The van der Waals surface area contributed by atoms with Gasteiger partial charge in [0.2, 0.25) is 5.91 Å². The largest absolute Gasteiger partial charge is 0.481 e. The Kier molecular flexibility index (Phi) is 3.54. The second kappa shape index (κ2) is 4.39. The van der Waals surface area contributed by atoms with Crippen molar-refractivity contribution in [3.63, 3.8) is 0 Å². The Morgan fingerprint density at radius 3 is 2.06 bits per heavy atom. The summed E-state index contributed by atoms with van der Waals surface area (Å²) in [4.78, 5) is 23.8. The van der Waals surface area contributed by atoms with Gasteiger partial charge in [-0.05, 0) is 13.8 Å². The zero-order valence-electron chi connectivity index (χ0n) is 9.38. The Labute approximate surface area is 93.5 Å². The molecule has 0 unspecified atom stereocenters. The maximum absolute atomic E-state index is 11.7. The molecular formula is C10H17NO5. The summed E-state index contributed by atoms with van der Waals surface area (Å²) in [7, 11) is 0. The van der Waals surface area contributed by atoms with Crippen molar-refractivity contribution in [2.24, 2.45) is 5.41 Å². The quantitative estimate of drug-likeness (QED) is 0.582. The first-order valence-electron chi connectivity index (χ1n) is 5.11. The maximum atomic E-state index is 11.7. The standard InChI is InChI=1S/C10H17NO5/c1-10(2,9(15)16)3-8(14)11-4-6(12)7(13)5-11/h6-7,12-13H,3-5H2,1-2H3,(H,15,16)/t6-,7+. The average molecular weight is 231 g/mol. The Morgan fingerprint density at radius 2 is 1.69 bits per heavy atom. The van der Waals surface area contributed by atoms with Crippen LogP contribution in [-0.4, -0.2) is 57.4 Å². The third-order valence-electron chi connectivity index (χ3n) is 2.78. The molecule has 3 N–H and O–H groups in total. The van der Waals surface area contributed by atoms with E-state index in [0.717, 1.165) is 0 Å². The van der Waals surface area contributed by atoms with Crippen LogP contribution in [0.2, 0.25) is 0 Å². The number of carbonyl (C=O) groups excluding carboxylic acids is 1. The van der Waals surface area contributed by atoms with Crippen LogP contribution in [0.3, 0.4) is 0 Å². The van der Waals surface area contributed by atoms with Crippen molar-refractivity contribution in [2.75, 3.05) is 13.1 Å². The first-order chi connectivity index (χ1) is 7.24. The van der Waals surface area contributed by atoms with E-state index in [0.29, 0.717) is 0 Å². The number of hydrogen-bond acceptors (Lipinski definition) is 4. The van der Waals surface area contributed by atoms with E-state index in [4.69, 9.17) is 5.11 Å². The molecule has 1 rings (SSSR count). The molecule has 2 atom stereocenters. The van der Waals surface area contributed by atoms with E-state index in [1.165, 1.54) is 18.7 Å². The van der Waals surface area contributed by atoms with E-state index in [1.807, 2.05) is 0 Å². The smallest absolute Gasteiger partial charge is 0.309 e. The zero-order chi connectivity index (χ0) is 12.5. The Morgan fingerprint density at radius 1 is 1.25 bits per heavy atom. The normalized spacial score (nSPS) is 25.9. The van der Waals surface area contributed by atoms with Crippen LogP contribution in [-0.2, 0) is 9.59 Å². The average Bonchev–Trinajstić information content (AvgIpc) is 2.46. The molecule has 0 aromatic carbocycles. The summed E-state index contributed by atoms with van der Waals surface area (Å²) in [5.74, 6) is -1.40. The number of nitrogens with zero attached hydrogens (tertiary/aromatic N) is 1. The van der Waals surface area contributed by atoms with E-state index in [1.54, 1.807) is 0 Å². The van der Waals surface area contributed by atoms with Crippen molar-refractivity contribution in [3.8, 4) is 0 Å². The van der Waals surface area contributed by atoms with Crippen LogP contribution in [0.25, 0.3) is 0 Å².